The lowest BCUT2D eigenvalue weighted by atomic mass is 10.3. The Balaban J connectivity index is 1.56. The van der Waals surface area contributed by atoms with Crippen LogP contribution in [0.2, 0.25) is 5.15 Å². The first-order chi connectivity index (χ1) is 11.7. The van der Waals surface area contributed by atoms with E-state index in [-0.39, 0.29) is 6.61 Å². The average molecular weight is 340 g/mol. The van der Waals surface area contributed by atoms with Gasteiger partial charge in [0.15, 0.2) is 0 Å². The molecule has 3 rings (SSSR count). The molecular formula is C18H14ClN3O2. The summed E-state index contributed by atoms with van der Waals surface area (Å²) in [5.74, 6) is -0.433. The van der Waals surface area contributed by atoms with Crippen molar-refractivity contribution in [3.63, 3.8) is 0 Å². The first-order valence-corrected chi connectivity index (χ1v) is 7.64. The Kier molecular flexibility index (Phi) is 5.03. The molecule has 0 unspecified atom stereocenters. The minimum Gasteiger partial charge on any atom is -0.458 e. The van der Waals surface area contributed by atoms with Crippen molar-refractivity contribution in [2.45, 2.75) is 6.61 Å². The zero-order valence-corrected chi connectivity index (χ0v) is 13.4. The number of halogens is 1. The highest BCUT2D eigenvalue weighted by atomic mass is 35.5. The molecular weight excluding hydrogens is 326 g/mol. The predicted molar refractivity (Wildman–Crippen MR) is 91.6 cm³/mol. The number of aromatic nitrogens is 3. The van der Waals surface area contributed by atoms with Crippen LogP contribution >= 0.6 is 11.6 Å². The van der Waals surface area contributed by atoms with Crippen LogP contribution in [-0.2, 0) is 16.1 Å². The zero-order valence-electron chi connectivity index (χ0n) is 12.7. The standard InChI is InChI=1S/C18H14ClN3O2/c19-17-8-6-15(10-20-17)13-24-18(23)9-7-14-11-21-22(12-14)16-4-2-1-3-5-16/h1-12H,13H2/b9-7+. The van der Waals surface area contributed by atoms with E-state index in [0.717, 1.165) is 16.8 Å². The van der Waals surface area contributed by atoms with E-state index >= 15 is 0 Å². The summed E-state index contributed by atoms with van der Waals surface area (Å²) in [4.78, 5) is 15.7. The van der Waals surface area contributed by atoms with Gasteiger partial charge in [-0.1, -0.05) is 35.9 Å². The van der Waals surface area contributed by atoms with Gasteiger partial charge < -0.3 is 4.74 Å². The summed E-state index contributed by atoms with van der Waals surface area (Å²) in [5.41, 5.74) is 2.54. The minimum atomic E-state index is -0.433. The van der Waals surface area contributed by atoms with Gasteiger partial charge in [-0.15, -0.1) is 0 Å². The molecule has 0 aliphatic rings. The second-order valence-corrected chi connectivity index (χ2v) is 5.37. The van der Waals surface area contributed by atoms with Crippen LogP contribution in [0, 0.1) is 0 Å². The van der Waals surface area contributed by atoms with Crippen LogP contribution in [0.15, 0.2) is 67.1 Å². The summed E-state index contributed by atoms with van der Waals surface area (Å²) in [7, 11) is 0. The minimum absolute atomic E-state index is 0.149. The Labute approximate surface area is 144 Å². The van der Waals surface area contributed by atoms with Crippen molar-refractivity contribution in [1.82, 2.24) is 14.8 Å². The van der Waals surface area contributed by atoms with Crippen LogP contribution in [0.5, 0.6) is 0 Å². The van der Waals surface area contributed by atoms with Gasteiger partial charge in [-0.25, -0.2) is 14.5 Å². The third-order valence-electron chi connectivity index (χ3n) is 3.20. The molecule has 6 heteroatoms. The van der Waals surface area contributed by atoms with E-state index in [9.17, 15) is 4.79 Å². The lowest BCUT2D eigenvalue weighted by Gasteiger charge is -2.01. The molecule has 0 bridgehead atoms. The third-order valence-corrected chi connectivity index (χ3v) is 3.43. The van der Waals surface area contributed by atoms with Crippen LogP contribution in [0.4, 0.5) is 0 Å². The molecule has 0 amide bonds. The highest BCUT2D eigenvalue weighted by Gasteiger charge is 2.01. The number of esters is 1. The number of pyridine rings is 1. The molecule has 1 aromatic carbocycles. The highest BCUT2D eigenvalue weighted by Crippen LogP contribution is 2.09. The van der Waals surface area contributed by atoms with E-state index in [2.05, 4.69) is 10.1 Å². The maximum Gasteiger partial charge on any atom is 0.331 e. The van der Waals surface area contributed by atoms with Crippen molar-refractivity contribution in [1.29, 1.82) is 0 Å². The Morgan fingerprint density at radius 2 is 2.00 bits per heavy atom. The van der Waals surface area contributed by atoms with Gasteiger partial charge in [0.25, 0.3) is 0 Å². The van der Waals surface area contributed by atoms with Crippen molar-refractivity contribution in [3.05, 3.63) is 83.4 Å². The average Bonchev–Trinajstić information content (AvgIpc) is 3.09. The van der Waals surface area contributed by atoms with E-state index in [1.54, 1.807) is 35.3 Å². The lowest BCUT2D eigenvalue weighted by Crippen LogP contribution is -2.00. The van der Waals surface area contributed by atoms with Gasteiger partial charge in [0.1, 0.15) is 11.8 Å². The molecule has 24 heavy (non-hydrogen) atoms. The van der Waals surface area contributed by atoms with E-state index in [4.69, 9.17) is 16.3 Å². The number of nitrogens with zero attached hydrogens (tertiary/aromatic N) is 3. The normalized spacial score (nSPS) is 10.9. The smallest absolute Gasteiger partial charge is 0.331 e. The number of rotatable bonds is 5. The molecule has 0 aliphatic heterocycles. The maximum absolute atomic E-state index is 11.8. The quantitative estimate of drug-likeness (QED) is 0.404. The summed E-state index contributed by atoms with van der Waals surface area (Å²) in [5, 5.41) is 4.66. The van der Waals surface area contributed by atoms with Gasteiger partial charge in [-0.3, -0.25) is 0 Å². The highest BCUT2D eigenvalue weighted by molar-refractivity contribution is 6.29. The predicted octanol–water partition coefficient (Wildman–Crippen LogP) is 3.68. The van der Waals surface area contributed by atoms with Crippen molar-refractivity contribution < 1.29 is 9.53 Å². The topological polar surface area (TPSA) is 57.0 Å². The number of para-hydroxylation sites is 1. The molecule has 0 saturated heterocycles. The SMILES string of the molecule is O=C(/C=C/c1cnn(-c2ccccc2)c1)OCc1ccc(Cl)nc1. The third kappa shape index (κ3) is 4.30. The molecule has 0 fully saturated rings. The van der Waals surface area contributed by atoms with Gasteiger partial charge in [0.2, 0.25) is 0 Å². The second-order valence-electron chi connectivity index (χ2n) is 4.98. The first-order valence-electron chi connectivity index (χ1n) is 7.26. The van der Waals surface area contributed by atoms with Gasteiger partial charge in [-0.2, -0.15) is 5.10 Å². The lowest BCUT2D eigenvalue weighted by molar-refractivity contribution is -0.138. The van der Waals surface area contributed by atoms with Crippen molar-refractivity contribution in [2.24, 2.45) is 0 Å². The number of ether oxygens (including phenoxy) is 1. The van der Waals surface area contributed by atoms with Crippen LogP contribution < -0.4 is 0 Å². The van der Waals surface area contributed by atoms with E-state index < -0.39 is 5.97 Å². The fourth-order valence-electron chi connectivity index (χ4n) is 2.00. The van der Waals surface area contributed by atoms with Crippen LogP contribution in [0.1, 0.15) is 11.1 Å². The van der Waals surface area contributed by atoms with Crippen molar-refractivity contribution in [3.8, 4) is 5.69 Å². The number of carbonyl (C=O) groups is 1. The number of hydrogen-bond acceptors (Lipinski definition) is 4. The molecule has 0 aliphatic carbocycles. The largest absolute Gasteiger partial charge is 0.458 e. The van der Waals surface area contributed by atoms with Crippen molar-refractivity contribution >= 4 is 23.6 Å². The van der Waals surface area contributed by atoms with Gasteiger partial charge in [-0.05, 0) is 24.3 Å². The monoisotopic (exact) mass is 339 g/mol. The van der Waals surface area contributed by atoms with Crippen LogP contribution in [0.25, 0.3) is 11.8 Å². The molecule has 0 atom stereocenters. The zero-order chi connectivity index (χ0) is 16.8. The molecule has 0 N–H and O–H groups in total. The number of hydrogen-bond donors (Lipinski definition) is 0. The first kappa shape index (κ1) is 16.0. The molecule has 0 radical (unpaired) electrons. The Bertz CT molecular complexity index is 842. The second kappa shape index (κ2) is 7.57. The van der Waals surface area contributed by atoms with E-state index in [1.165, 1.54) is 6.08 Å². The van der Waals surface area contributed by atoms with Gasteiger partial charge in [0, 0.05) is 29.6 Å². The molecule has 0 spiro atoms. The van der Waals surface area contributed by atoms with E-state index in [1.807, 2.05) is 36.5 Å². The number of benzene rings is 1. The Morgan fingerprint density at radius 3 is 2.75 bits per heavy atom. The molecule has 3 aromatic rings. The fraction of sp³-hybridized carbons (Fsp3) is 0.0556. The van der Waals surface area contributed by atoms with Crippen LogP contribution in [0.3, 0.4) is 0 Å². The summed E-state index contributed by atoms with van der Waals surface area (Å²) in [6, 6.07) is 13.1. The van der Waals surface area contributed by atoms with E-state index in [0.29, 0.717) is 5.15 Å². The summed E-state index contributed by atoms with van der Waals surface area (Å²) in [6.07, 6.45) is 8.12. The van der Waals surface area contributed by atoms with Gasteiger partial charge in [0.05, 0.1) is 11.9 Å². The van der Waals surface area contributed by atoms with Gasteiger partial charge >= 0.3 is 5.97 Å². The molecule has 2 aromatic heterocycles. The Morgan fingerprint density at radius 1 is 1.17 bits per heavy atom. The Hall–Kier alpha value is -2.92. The van der Waals surface area contributed by atoms with Crippen molar-refractivity contribution in [2.75, 3.05) is 0 Å². The fourth-order valence-corrected chi connectivity index (χ4v) is 2.12. The summed E-state index contributed by atoms with van der Waals surface area (Å²) >= 11 is 5.70. The number of carbonyl (C=O) groups excluding carboxylic acids is 1. The molecule has 5 nitrogen and oxygen atoms in total. The van der Waals surface area contributed by atoms with Crippen LogP contribution in [-0.4, -0.2) is 20.7 Å². The molecule has 2 heterocycles. The summed E-state index contributed by atoms with van der Waals surface area (Å²) in [6.45, 7) is 0.149. The maximum atomic E-state index is 11.8. The molecule has 0 saturated carbocycles. The summed E-state index contributed by atoms with van der Waals surface area (Å²) < 4.78 is 6.89. The molecule has 120 valence electrons.